The third-order valence-corrected chi connectivity index (χ3v) is 7.49. The normalized spacial score (nSPS) is 16.6. The number of nitrogens with one attached hydrogen (secondary N) is 3. The number of amides is 1. The van der Waals surface area contributed by atoms with E-state index in [1.54, 1.807) is 25.3 Å². The maximum Gasteiger partial charge on any atom is 0.326 e. The maximum atomic E-state index is 12.8. The summed E-state index contributed by atoms with van der Waals surface area (Å²) in [6, 6.07) is 10.8. The van der Waals surface area contributed by atoms with Crippen LogP contribution in [-0.4, -0.2) is 89.9 Å². The molecule has 1 saturated heterocycles. The summed E-state index contributed by atoms with van der Waals surface area (Å²) < 4.78 is 33.2. The van der Waals surface area contributed by atoms with Gasteiger partial charge in [0.05, 0.1) is 19.1 Å². The van der Waals surface area contributed by atoms with E-state index in [1.807, 2.05) is 36.4 Å². The Kier molecular flexibility index (Phi) is 10.9. The number of hydrogen-bond donors (Lipinski definition) is 3. The molecule has 0 bridgehead atoms. The van der Waals surface area contributed by atoms with Crippen LogP contribution in [0.5, 0.6) is 0 Å². The van der Waals surface area contributed by atoms with Gasteiger partial charge in [0.15, 0.2) is 22.9 Å². The number of imidazole rings is 1. The van der Waals surface area contributed by atoms with Crippen molar-refractivity contribution in [3.05, 3.63) is 49.1 Å². The van der Waals surface area contributed by atoms with E-state index in [2.05, 4.69) is 40.2 Å². The van der Waals surface area contributed by atoms with E-state index in [-0.39, 0.29) is 18.4 Å². The second-order valence-electron chi connectivity index (χ2n) is 11.7. The molecule has 1 amide bonds. The molecule has 238 valence electrons. The monoisotopic (exact) mass is 627 g/mol. The fourth-order valence-corrected chi connectivity index (χ4v) is 5.48. The SMILES string of the molecule is CC(C)(C)OC(=O)[C@H](Cn1cnc2c(N3CCC(C(=O)NC4=NCCCN4)CC3)ncnc21)NS(C)(=O)=O.c1ccccc1. The largest absolute Gasteiger partial charge is 0.459 e. The number of ether oxygens (including phenoxy) is 1. The van der Waals surface area contributed by atoms with Crippen molar-refractivity contribution in [2.75, 3.05) is 37.3 Å². The minimum atomic E-state index is -3.70. The first-order chi connectivity index (χ1) is 20.9. The van der Waals surface area contributed by atoms with Gasteiger partial charge in [0.25, 0.3) is 0 Å². The van der Waals surface area contributed by atoms with Gasteiger partial charge in [-0.3, -0.25) is 19.9 Å². The lowest BCUT2D eigenvalue weighted by Gasteiger charge is -2.32. The highest BCUT2D eigenvalue weighted by atomic mass is 32.2. The predicted molar refractivity (Wildman–Crippen MR) is 167 cm³/mol. The zero-order valence-corrected chi connectivity index (χ0v) is 26.4. The molecule has 1 atom stereocenters. The van der Waals surface area contributed by atoms with Crippen LogP contribution >= 0.6 is 0 Å². The molecular formula is C29H41N9O5S. The molecular weight excluding hydrogens is 586 g/mol. The Morgan fingerprint density at radius 1 is 1.07 bits per heavy atom. The van der Waals surface area contributed by atoms with Gasteiger partial charge >= 0.3 is 5.97 Å². The van der Waals surface area contributed by atoms with Crippen LogP contribution in [0, 0.1) is 5.92 Å². The summed E-state index contributed by atoms with van der Waals surface area (Å²) in [4.78, 5) is 45.1. The van der Waals surface area contributed by atoms with E-state index in [0.717, 1.165) is 19.2 Å². The van der Waals surface area contributed by atoms with Gasteiger partial charge in [0.1, 0.15) is 18.0 Å². The second kappa shape index (κ2) is 14.6. The number of benzene rings is 1. The first-order valence-corrected chi connectivity index (χ1v) is 16.5. The van der Waals surface area contributed by atoms with Crippen LogP contribution in [-0.2, 0) is 30.9 Å². The third-order valence-electron chi connectivity index (χ3n) is 6.78. The van der Waals surface area contributed by atoms with Crippen molar-refractivity contribution in [3.8, 4) is 0 Å². The average molecular weight is 628 g/mol. The van der Waals surface area contributed by atoms with Crippen molar-refractivity contribution in [1.29, 1.82) is 0 Å². The Labute approximate surface area is 257 Å². The molecule has 15 heteroatoms. The number of esters is 1. The second-order valence-corrected chi connectivity index (χ2v) is 13.4. The van der Waals surface area contributed by atoms with Crippen molar-refractivity contribution in [2.24, 2.45) is 10.9 Å². The summed E-state index contributed by atoms with van der Waals surface area (Å²) in [6.07, 6.45) is 6.14. The van der Waals surface area contributed by atoms with Gasteiger partial charge in [-0.15, -0.1) is 0 Å². The molecule has 4 heterocycles. The van der Waals surface area contributed by atoms with E-state index < -0.39 is 27.6 Å². The smallest absolute Gasteiger partial charge is 0.326 e. The molecule has 0 unspecified atom stereocenters. The zero-order chi connectivity index (χ0) is 31.7. The average Bonchev–Trinajstić information content (AvgIpc) is 3.40. The number of fused-ring (bicyclic) bond motifs is 1. The van der Waals surface area contributed by atoms with Crippen LogP contribution in [0.3, 0.4) is 0 Å². The van der Waals surface area contributed by atoms with Crippen LogP contribution in [0.4, 0.5) is 5.82 Å². The van der Waals surface area contributed by atoms with E-state index >= 15 is 0 Å². The number of hydrogen-bond acceptors (Lipinski definition) is 11. The minimum absolute atomic E-state index is 0.0403. The van der Waals surface area contributed by atoms with Gasteiger partial charge in [-0.25, -0.2) is 23.4 Å². The first-order valence-electron chi connectivity index (χ1n) is 14.6. The Morgan fingerprint density at radius 2 is 1.73 bits per heavy atom. The summed E-state index contributed by atoms with van der Waals surface area (Å²) in [6.45, 7) is 7.79. The van der Waals surface area contributed by atoms with Crippen LogP contribution in [0.15, 0.2) is 54.0 Å². The summed E-state index contributed by atoms with van der Waals surface area (Å²) >= 11 is 0. The molecule has 2 aliphatic rings. The Balaban J connectivity index is 0.000000657. The molecule has 0 spiro atoms. The molecule has 1 aromatic carbocycles. The molecule has 3 aromatic rings. The predicted octanol–water partition coefficient (Wildman–Crippen LogP) is 1.45. The summed E-state index contributed by atoms with van der Waals surface area (Å²) in [5, 5.41) is 5.99. The molecule has 1 fully saturated rings. The van der Waals surface area contributed by atoms with Crippen molar-refractivity contribution < 1.29 is 22.7 Å². The van der Waals surface area contributed by atoms with Crippen LogP contribution in [0.25, 0.3) is 11.2 Å². The third kappa shape index (κ3) is 9.71. The standard InChI is InChI=1S/C23H35N9O5S.C6H6/c1-23(2,3)37-21(34)16(30-38(4,35)36)12-32-14-28-17-18(26-13-27-19(17)32)31-10-6-15(7-11-31)20(33)29-22-24-8-5-9-25-22;1-2-4-6-5-3-1/h13-16,30H,5-12H2,1-4H3,(H2,24,25,29,33);1-6H/t16-;/m0./s1. The van der Waals surface area contributed by atoms with E-state index in [0.29, 0.717) is 55.4 Å². The molecule has 0 aliphatic carbocycles. The molecule has 2 aromatic heterocycles. The van der Waals surface area contributed by atoms with E-state index in [9.17, 15) is 18.0 Å². The fraction of sp³-hybridized carbons (Fsp3) is 0.517. The Hall–Kier alpha value is -4.11. The number of aliphatic imine (C=N–C) groups is 1. The van der Waals surface area contributed by atoms with Gasteiger partial charge in [0.2, 0.25) is 15.9 Å². The number of sulfonamides is 1. The summed E-state index contributed by atoms with van der Waals surface area (Å²) in [5.41, 5.74) is 0.197. The fourth-order valence-electron chi connectivity index (χ4n) is 4.79. The molecule has 44 heavy (non-hydrogen) atoms. The van der Waals surface area contributed by atoms with Gasteiger partial charge < -0.3 is 19.5 Å². The highest BCUT2D eigenvalue weighted by Crippen LogP contribution is 2.27. The van der Waals surface area contributed by atoms with E-state index in [1.165, 1.54) is 12.7 Å². The topological polar surface area (TPSA) is 173 Å². The van der Waals surface area contributed by atoms with Crippen LogP contribution in [0.2, 0.25) is 0 Å². The van der Waals surface area contributed by atoms with Gasteiger partial charge in [-0.05, 0) is 40.0 Å². The number of rotatable bonds is 7. The van der Waals surface area contributed by atoms with Gasteiger partial charge in [-0.2, -0.15) is 4.72 Å². The lowest BCUT2D eigenvalue weighted by molar-refractivity contribution is -0.157. The molecule has 2 aliphatic heterocycles. The number of carbonyl (C=O) groups is 2. The summed E-state index contributed by atoms with van der Waals surface area (Å²) in [7, 11) is -3.70. The molecule has 0 radical (unpaired) electrons. The van der Waals surface area contributed by atoms with Gasteiger partial charge in [0, 0.05) is 32.1 Å². The highest BCUT2D eigenvalue weighted by molar-refractivity contribution is 7.88. The van der Waals surface area contributed by atoms with Crippen molar-refractivity contribution >= 4 is 44.8 Å². The number of nitrogens with zero attached hydrogens (tertiary/aromatic N) is 6. The molecule has 0 saturated carbocycles. The number of guanidine groups is 1. The number of piperidine rings is 1. The Bertz CT molecular complexity index is 1520. The lowest BCUT2D eigenvalue weighted by Crippen LogP contribution is -2.48. The van der Waals surface area contributed by atoms with Crippen molar-refractivity contribution in [1.82, 2.24) is 34.9 Å². The molecule has 14 nitrogen and oxygen atoms in total. The lowest BCUT2D eigenvalue weighted by atomic mass is 9.96. The van der Waals surface area contributed by atoms with Crippen molar-refractivity contribution in [2.45, 2.75) is 58.2 Å². The van der Waals surface area contributed by atoms with Crippen LogP contribution in [0.1, 0.15) is 40.0 Å². The molecule has 5 rings (SSSR count). The summed E-state index contributed by atoms with van der Waals surface area (Å²) in [5.74, 6) is 0.289. The maximum absolute atomic E-state index is 12.8. The number of aromatic nitrogens is 4. The van der Waals surface area contributed by atoms with E-state index in [4.69, 9.17) is 4.74 Å². The van der Waals surface area contributed by atoms with Crippen LogP contribution < -0.4 is 20.3 Å². The van der Waals surface area contributed by atoms with Crippen molar-refractivity contribution in [3.63, 3.8) is 0 Å². The number of carbonyl (C=O) groups excluding carboxylic acids is 2. The molecule has 3 N–H and O–H groups in total. The highest BCUT2D eigenvalue weighted by Gasteiger charge is 2.31. The number of anilines is 1. The first kappa shape index (κ1) is 32.8. The minimum Gasteiger partial charge on any atom is -0.459 e. The zero-order valence-electron chi connectivity index (χ0n) is 25.6. The quantitative estimate of drug-likeness (QED) is 0.326. The Morgan fingerprint density at radius 3 is 2.30 bits per heavy atom. The van der Waals surface area contributed by atoms with Gasteiger partial charge in [-0.1, -0.05) is 36.4 Å².